The largest absolute Gasteiger partial charge is 0.493 e. The van der Waals surface area contributed by atoms with Gasteiger partial charge in [-0.2, -0.15) is 0 Å². The van der Waals surface area contributed by atoms with Gasteiger partial charge >= 0.3 is 0 Å². The highest BCUT2D eigenvalue weighted by molar-refractivity contribution is 6.17. The van der Waals surface area contributed by atoms with Gasteiger partial charge in [-0.05, 0) is 24.4 Å². The first kappa shape index (κ1) is 13.4. The Hall–Kier alpha value is -2.61. The molecule has 0 atom stereocenters. The van der Waals surface area contributed by atoms with Gasteiger partial charge in [-0.25, -0.2) is 0 Å². The molecular weight excluding hydrogens is 260 g/mol. The van der Waals surface area contributed by atoms with Gasteiger partial charge in [0.25, 0.3) is 0 Å². The van der Waals surface area contributed by atoms with Crippen molar-refractivity contribution < 1.29 is 9.53 Å². The van der Waals surface area contributed by atoms with Crippen molar-refractivity contribution in [2.75, 3.05) is 6.61 Å². The highest BCUT2D eigenvalue weighted by Gasteiger charge is 2.14. The van der Waals surface area contributed by atoms with Crippen LogP contribution in [0.3, 0.4) is 0 Å². The highest BCUT2D eigenvalue weighted by Crippen LogP contribution is 2.29. The second kappa shape index (κ2) is 5.80. The molecule has 0 N–H and O–H groups in total. The Morgan fingerprint density at radius 1 is 0.857 bits per heavy atom. The molecule has 0 saturated heterocycles. The summed E-state index contributed by atoms with van der Waals surface area (Å²) in [5.41, 5.74) is 1.41. The summed E-state index contributed by atoms with van der Waals surface area (Å²) in [6.07, 6.45) is 0. The van der Waals surface area contributed by atoms with Crippen molar-refractivity contribution in [2.45, 2.75) is 6.92 Å². The molecule has 3 aromatic rings. The second-order valence-electron chi connectivity index (χ2n) is 4.79. The van der Waals surface area contributed by atoms with Crippen molar-refractivity contribution in [3.05, 3.63) is 77.9 Å². The lowest BCUT2D eigenvalue weighted by atomic mass is 9.97. The summed E-state index contributed by atoms with van der Waals surface area (Å²) in [4.78, 5) is 12.7. The van der Waals surface area contributed by atoms with Gasteiger partial charge in [-0.3, -0.25) is 4.79 Å². The van der Waals surface area contributed by atoms with E-state index in [4.69, 9.17) is 4.74 Å². The van der Waals surface area contributed by atoms with Crippen LogP contribution in [-0.4, -0.2) is 12.4 Å². The maximum atomic E-state index is 12.7. The van der Waals surface area contributed by atoms with Crippen LogP contribution in [0.4, 0.5) is 0 Å². The molecule has 0 spiro atoms. The van der Waals surface area contributed by atoms with Crippen LogP contribution in [0.2, 0.25) is 0 Å². The number of hydrogen-bond acceptors (Lipinski definition) is 2. The van der Waals surface area contributed by atoms with E-state index >= 15 is 0 Å². The fourth-order valence-corrected chi connectivity index (χ4v) is 2.50. The quantitative estimate of drug-likeness (QED) is 0.657. The van der Waals surface area contributed by atoms with Gasteiger partial charge in [0.1, 0.15) is 5.75 Å². The highest BCUT2D eigenvalue weighted by atomic mass is 16.5. The zero-order valence-corrected chi connectivity index (χ0v) is 11.9. The minimum atomic E-state index is 0.0369. The Kier molecular flexibility index (Phi) is 3.69. The molecule has 0 radical (unpaired) electrons. The van der Waals surface area contributed by atoms with Crippen molar-refractivity contribution in [1.29, 1.82) is 0 Å². The van der Waals surface area contributed by atoms with E-state index in [0.717, 1.165) is 16.5 Å². The van der Waals surface area contributed by atoms with E-state index in [1.807, 2.05) is 73.7 Å². The maximum Gasteiger partial charge on any atom is 0.193 e. The van der Waals surface area contributed by atoms with Gasteiger partial charge in [-0.1, -0.05) is 54.6 Å². The van der Waals surface area contributed by atoms with Crippen LogP contribution in [0.1, 0.15) is 22.8 Å². The maximum absolute atomic E-state index is 12.7. The van der Waals surface area contributed by atoms with Gasteiger partial charge in [0.2, 0.25) is 0 Å². The zero-order chi connectivity index (χ0) is 14.7. The average molecular weight is 276 g/mol. The summed E-state index contributed by atoms with van der Waals surface area (Å²) in [6.45, 7) is 2.56. The molecule has 0 fully saturated rings. The van der Waals surface area contributed by atoms with E-state index in [1.54, 1.807) is 0 Å². The lowest BCUT2D eigenvalue weighted by Crippen LogP contribution is -2.03. The standard InChI is InChI=1S/C19H16O2/c1-2-21-18-13-12-17(15-10-6-7-11-16(15)18)19(20)14-8-4-3-5-9-14/h3-13H,2H2,1H3. The lowest BCUT2D eigenvalue weighted by Gasteiger charge is -2.11. The van der Waals surface area contributed by atoms with Gasteiger partial charge in [-0.15, -0.1) is 0 Å². The molecule has 0 heterocycles. The van der Waals surface area contributed by atoms with E-state index in [2.05, 4.69) is 0 Å². The fourth-order valence-electron chi connectivity index (χ4n) is 2.50. The number of rotatable bonds is 4. The third kappa shape index (κ3) is 2.52. The number of hydrogen-bond donors (Lipinski definition) is 0. The van der Waals surface area contributed by atoms with Crippen molar-refractivity contribution in [3.8, 4) is 5.75 Å². The van der Waals surface area contributed by atoms with Crippen LogP contribution in [-0.2, 0) is 0 Å². The van der Waals surface area contributed by atoms with Crippen molar-refractivity contribution in [3.63, 3.8) is 0 Å². The molecule has 0 saturated carbocycles. The van der Waals surface area contributed by atoms with Gasteiger partial charge in [0.15, 0.2) is 5.78 Å². The van der Waals surface area contributed by atoms with Crippen LogP contribution >= 0.6 is 0 Å². The minimum Gasteiger partial charge on any atom is -0.493 e. The first-order valence-electron chi connectivity index (χ1n) is 7.05. The van der Waals surface area contributed by atoms with E-state index in [9.17, 15) is 4.79 Å². The second-order valence-corrected chi connectivity index (χ2v) is 4.79. The Labute approximate surface area is 124 Å². The summed E-state index contributed by atoms with van der Waals surface area (Å²) in [6, 6.07) is 20.9. The Bertz CT molecular complexity index is 776. The predicted octanol–water partition coefficient (Wildman–Crippen LogP) is 4.47. The summed E-state index contributed by atoms with van der Waals surface area (Å²) < 4.78 is 5.65. The van der Waals surface area contributed by atoms with Gasteiger partial charge in [0, 0.05) is 16.5 Å². The van der Waals surface area contributed by atoms with Crippen molar-refractivity contribution in [1.82, 2.24) is 0 Å². The Balaban J connectivity index is 2.16. The predicted molar refractivity (Wildman–Crippen MR) is 85.0 cm³/mol. The Morgan fingerprint density at radius 3 is 2.24 bits per heavy atom. The molecule has 3 aromatic carbocycles. The van der Waals surface area contributed by atoms with Crippen LogP contribution in [0.15, 0.2) is 66.7 Å². The third-order valence-corrected chi connectivity index (χ3v) is 3.46. The number of carbonyl (C=O) groups is 1. The molecule has 21 heavy (non-hydrogen) atoms. The molecular formula is C19H16O2. The van der Waals surface area contributed by atoms with Crippen LogP contribution in [0, 0.1) is 0 Å². The molecule has 0 aliphatic heterocycles. The third-order valence-electron chi connectivity index (χ3n) is 3.46. The van der Waals surface area contributed by atoms with Crippen molar-refractivity contribution in [2.24, 2.45) is 0 Å². The molecule has 0 aliphatic rings. The summed E-state index contributed by atoms with van der Waals surface area (Å²) in [5, 5.41) is 1.90. The molecule has 0 aliphatic carbocycles. The summed E-state index contributed by atoms with van der Waals surface area (Å²) >= 11 is 0. The van der Waals surface area contributed by atoms with E-state index < -0.39 is 0 Å². The fraction of sp³-hybridized carbons (Fsp3) is 0.105. The molecule has 2 heteroatoms. The van der Waals surface area contributed by atoms with E-state index in [0.29, 0.717) is 17.7 Å². The lowest BCUT2D eigenvalue weighted by molar-refractivity contribution is 0.104. The average Bonchev–Trinajstić information content (AvgIpc) is 2.56. The summed E-state index contributed by atoms with van der Waals surface area (Å²) in [7, 11) is 0. The number of fused-ring (bicyclic) bond motifs is 1. The van der Waals surface area contributed by atoms with Crippen molar-refractivity contribution >= 4 is 16.6 Å². The number of ether oxygens (including phenoxy) is 1. The first-order chi connectivity index (χ1) is 10.3. The first-order valence-corrected chi connectivity index (χ1v) is 7.05. The molecule has 0 bridgehead atoms. The van der Waals surface area contributed by atoms with E-state index in [1.165, 1.54) is 0 Å². The van der Waals surface area contributed by atoms with Crippen LogP contribution in [0.5, 0.6) is 5.75 Å². The minimum absolute atomic E-state index is 0.0369. The number of benzene rings is 3. The molecule has 2 nitrogen and oxygen atoms in total. The topological polar surface area (TPSA) is 26.3 Å². The van der Waals surface area contributed by atoms with Gasteiger partial charge < -0.3 is 4.74 Å². The van der Waals surface area contributed by atoms with Crippen LogP contribution < -0.4 is 4.74 Å². The zero-order valence-electron chi connectivity index (χ0n) is 11.9. The molecule has 104 valence electrons. The molecule has 0 unspecified atom stereocenters. The molecule has 3 rings (SSSR count). The Morgan fingerprint density at radius 2 is 1.52 bits per heavy atom. The SMILES string of the molecule is CCOc1ccc(C(=O)c2ccccc2)c2ccccc12. The monoisotopic (exact) mass is 276 g/mol. The summed E-state index contributed by atoms with van der Waals surface area (Å²) in [5.74, 6) is 0.854. The number of ketones is 1. The number of carbonyl (C=O) groups excluding carboxylic acids is 1. The molecule has 0 aromatic heterocycles. The van der Waals surface area contributed by atoms with E-state index in [-0.39, 0.29) is 5.78 Å². The molecule has 0 amide bonds. The smallest absolute Gasteiger partial charge is 0.193 e. The van der Waals surface area contributed by atoms with Crippen LogP contribution in [0.25, 0.3) is 10.8 Å². The normalized spacial score (nSPS) is 10.5. The van der Waals surface area contributed by atoms with Gasteiger partial charge in [0.05, 0.1) is 6.61 Å².